The fraction of sp³-hybridized carbons (Fsp3) is 0.115. The summed E-state index contributed by atoms with van der Waals surface area (Å²) in [4.78, 5) is 36.0. The van der Waals surface area contributed by atoms with Crippen molar-refractivity contribution in [3.05, 3.63) is 95.3 Å². The van der Waals surface area contributed by atoms with Gasteiger partial charge < -0.3 is 9.88 Å². The molecule has 0 radical (unpaired) electrons. The van der Waals surface area contributed by atoms with Crippen molar-refractivity contribution in [3.8, 4) is 22.9 Å². The van der Waals surface area contributed by atoms with Gasteiger partial charge in [-0.1, -0.05) is 18.2 Å². The number of para-hydroxylation sites is 1. The van der Waals surface area contributed by atoms with E-state index in [1.807, 2.05) is 24.3 Å². The topological polar surface area (TPSA) is 134 Å². The highest BCUT2D eigenvalue weighted by atomic mass is 19.1. The standard InChI is InChI=1S/C26H17FN10O/c27-18-6-9-36-22(18)26(38)37(16-4-2-1-3-5-16)24(34-36)19-7-8-35(19)25-21-17(13-31-23(21)32-14-33-25)15-11-29-20(10-28)30-12-15/h1-6,9,11-14,19H,7-8H2,(H,31,32,33). The lowest BCUT2D eigenvalue weighted by atomic mass is 10.00. The maximum atomic E-state index is 14.5. The zero-order chi connectivity index (χ0) is 25.8. The van der Waals surface area contributed by atoms with Crippen LogP contribution in [0.15, 0.2) is 72.3 Å². The van der Waals surface area contributed by atoms with E-state index in [2.05, 4.69) is 29.8 Å². The molecule has 0 bridgehead atoms. The zero-order valence-electron chi connectivity index (χ0n) is 19.7. The van der Waals surface area contributed by atoms with Crippen molar-refractivity contribution in [1.82, 2.24) is 39.1 Å². The van der Waals surface area contributed by atoms with Gasteiger partial charge in [0.05, 0.1) is 17.1 Å². The Balaban J connectivity index is 1.40. The number of halogens is 1. The van der Waals surface area contributed by atoms with Gasteiger partial charge in [0, 0.05) is 42.5 Å². The van der Waals surface area contributed by atoms with E-state index in [9.17, 15) is 9.18 Å². The number of nitrogens with zero attached hydrogens (tertiary/aromatic N) is 9. The van der Waals surface area contributed by atoms with E-state index in [4.69, 9.17) is 10.4 Å². The normalized spacial score (nSPS) is 15.1. The second kappa shape index (κ2) is 8.31. The number of fused-ring (bicyclic) bond motifs is 2. The molecule has 7 rings (SSSR count). The molecule has 5 aromatic heterocycles. The first-order valence-corrected chi connectivity index (χ1v) is 11.8. The van der Waals surface area contributed by atoms with Crippen LogP contribution in [0.5, 0.6) is 0 Å². The molecule has 1 fully saturated rings. The van der Waals surface area contributed by atoms with Crippen molar-refractivity contribution in [2.75, 3.05) is 11.4 Å². The van der Waals surface area contributed by atoms with Crippen molar-refractivity contribution in [1.29, 1.82) is 5.26 Å². The predicted octanol–water partition coefficient (Wildman–Crippen LogP) is 3.18. The molecule has 0 aliphatic carbocycles. The number of aromatic nitrogens is 8. The summed E-state index contributed by atoms with van der Waals surface area (Å²) in [5.74, 6) is 0.582. The molecule has 38 heavy (non-hydrogen) atoms. The monoisotopic (exact) mass is 504 g/mol. The van der Waals surface area contributed by atoms with Crippen LogP contribution in [-0.2, 0) is 0 Å². The number of aromatic amines is 1. The first-order chi connectivity index (χ1) is 18.6. The average Bonchev–Trinajstić information content (AvgIpc) is 3.53. The fourth-order valence-corrected chi connectivity index (χ4v) is 4.92. The zero-order valence-corrected chi connectivity index (χ0v) is 19.7. The first-order valence-electron chi connectivity index (χ1n) is 11.8. The Labute approximate surface area is 213 Å². The molecule has 1 atom stereocenters. The second-order valence-electron chi connectivity index (χ2n) is 8.82. The van der Waals surface area contributed by atoms with Crippen LogP contribution in [0, 0.1) is 17.1 Å². The van der Waals surface area contributed by atoms with Crippen molar-refractivity contribution in [2.45, 2.75) is 12.5 Å². The number of nitrogens with one attached hydrogen (secondary N) is 1. The average molecular weight is 504 g/mol. The van der Waals surface area contributed by atoms with Crippen LogP contribution in [0.25, 0.3) is 33.4 Å². The third kappa shape index (κ3) is 3.19. The second-order valence-corrected chi connectivity index (χ2v) is 8.82. The third-order valence-electron chi connectivity index (χ3n) is 6.78. The lowest BCUT2D eigenvalue weighted by molar-refractivity contribution is 0.424. The van der Waals surface area contributed by atoms with Gasteiger partial charge >= 0.3 is 0 Å². The Morgan fingerprint density at radius 2 is 1.89 bits per heavy atom. The number of hydrogen-bond acceptors (Lipinski definition) is 8. The largest absolute Gasteiger partial charge is 0.345 e. The Morgan fingerprint density at radius 1 is 1.08 bits per heavy atom. The van der Waals surface area contributed by atoms with E-state index in [1.54, 1.807) is 30.7 Å². The van der Waals surface area contributed by atoms with E-state index < -0.39 is 11.4 Å². The molecular weight excluding hydrogens is 487 g/mol. The van der Waals surface area contributed by atoms with Gasteiger partial charge in [0.15, 0.2) is 17.2 Å². The quantitative estimate of drug-likeness (QED) is 0.387. The molecule has 11 nitrogen and oxygen atoms in total. The number of nitriles is 1. The van der Waals surface area contributed by atoms with Crippen LogP contribution >= 0.6 is 0 Å². The lowest BCUT2D eigenvalue weighted by Crippen LogP contribution is -2.45. The molecule has 184 valence electrons. The predicted molar refractivity (Wildman–Crippen MR) is 135 cm³/mol. The van der Waals surface area contributed by atoms with Crippen LogP contribution in [0.1, 0.15) is 24.1 Å². The van der Waals surface area contributed by atoms with Gasteiger partial charge in [-0.25, -0.2) is 28.8 Å². The van der Waals surface area contributed by atoms with Gasteiger partial charge in [0.25, 0.3) is 5.56 Å². The SMILES string of the molecule is N#Cc1ncc(-c2c[nH]c3ncnc(N4CCC4c4nn5ccc(F)c5c(=O)n4-c4ccccc4)c23)cn1. The van der Waals surface area contributed by atoms with Crippen molar-refractivity contribution in [2.24, 2.45) is 0 Å². The van der Waals surface area contributed by atoms with Gasteiger partial charge in [-0.3, -0.25) is 9.36 Å². The molecule has 0 amide bonds. The van der Waals surface area contributed by atoms with Gasteiger partial charge in [-0.05, 0) is 24.6 Å². The number of H-pyrrole nitrogens is 1. The fourth-order valence-electron chi connectivity index (χ4n) is 4.92. The number of rotatable bonds is 4. The van der Waals surface area contributed by atoms with Crippen molar-refractivity contribution in [3.63, 3.8) is 0 Å². The molecule has 1 unspecified atom stereocenters. The van der Waals surface area contributed by atoms with Crippen molar-refractivity contribution < 1.29 is 4.39 Å². The smallest absolute Gasteiger partial charge is 0.285 e. The van der Waals surface area contributed by atoms with Crippen LogP contribution in [-0.4, -0.2) is 45.6 Å². The highest BCUT2D eigenvalue weighted by molar-refractivity contribution is 6.01. The van der Waals surface area contributed by atoms with Crippen LogP contribution in [0.3, 0.4) is 0 Å². The lowest BCUT2D eigenvalue weighted by Gasteiger charge is -2.42. The summed E-state index contributed by atoms with van der Waals surface area (Å²) in [5, 5.41) is 14.5. The molecule has 1 N–H and O–H groups in total. The van der Waals surface area contributed by atoms with E-state index in [0.717, 1.165) is 10.9 Å². The maximum Gasteiger partial charge on any atom is 0.285 e. The van der Waals surface area contributed by atoms with Gasteiger partial charge in [-0.2, -0.15) is 10.4 Å². The summed E-state index contributed by atoms with van der Waals surface area (Å²) in [7, 11) is 0. The number of benzene rings is 1. The maximum absolute atomic E-state index is 14.5. The molecule has 1 saturated heterocycles. The van der Waals surface area contributed by atoms with Gasteiger partial charge in [0.2, 0.25) is 5.82 Å². The minimum absolute atomic E-state index is 0.0784. The molecular formula is C26H17FN10O. The molecule has 12 heteroatoms. The van der Waals surface area contributed by atoms with Crippen LogP contribution in [0.2, 0.25) is 0 Å². The van der Waals surface area contributed by atoms with E-state index in [0.29, 0.717) is 41.5 Å². The van der Waals surface area contributed by atoms with E-state index in [1.165, 1.54) is 27.7 Å². The molecule has 1 aliphatic rings. The van der Waals surface area contributed by atoms with E-state index in [-0.39, 0.29) is 17.4 Å². The minimum atomic E-state index is -0.622. The summed E-state index contributed by atoms with van der Waals surface area (Å²) in [6.07, 6.45) is 8.61. The Hall–Kier alpha value is -5.44. The van der Waals surface area contributed by atoms with Crippen LogP contribution < -0.4 is 10.5 Å². The summed E-state index contributed by atoms with van der Waals surface area (Å²) in [6, 6.07) is 11.9. The van der Waals surface area contributed by atoms with E-state index >= 15 is 0 Å². The Bertz CT molecular complexity index is 1940. The molecule has 1 aromatic carbocycles. The summed E-state index contributed by atoms with van der Waals surface area (Å²) < 4.78 is 17.3. The number of anilines is 1. The highest BCUT2D eigenvalue weighted by Gasteiger charge is 2.37. The third-order valence-corrected chi connectivity index (χ3v) is 6.78. The first kappa shape index (κ1) is 21.8. The minimum Gasteiger partial charge on any atom is -0.345 e. The Morgan fingerprint density at radius 3 is 2.63 bits per heavy atom. The summed E-state index contributed by atoms with van der Waals surface area (Å²) in [6.45, 7) is 0.661. The summed E-state index contributed by atoms with van der Waals surface area (Å²) in [5.41, 5.74) is 2.10. The van der Waals surface area contributed by atoms with Crippen LogP contribution in [0.4, 0.5) is 10.2 Å². The summed E-state index contributed by atoms with van der Waals surface area (Å²) >= 11 is 0. The van der Waals surface area contributed by atoms with Gasteiger partial charge in [0.1, 0.15) is 23.9 Å². The molecule has 1 aliphatic heterocycles. The highest BCUT2D eigenvalue weighted by Crippen LogP contribution is 2.41. The van der Waals surface area contributed by atoms with Gasteiger partial charge in [-0.15, -0.1) is 0 Å². The van der Waals surface area contributed by atoms with Crippen molar-refractivity contribution >= 4 is 22.4 Å². The molecule has 0 spiro atoms. The molecule has 0 saturated carbocycles. The number of hydrogen-bond donors (Lipinski definition) is 1. The molecule has 6 heterocycles. The molecule has 6 aromatic rings. The Kier molecular flexibility index (Phi) is 4.77.